The molecule has 4 aromatic rings. The SMILES string of the molecule is Cc1ccccc1NC(=O)/C(C#N)=c1/s/c(=C/c2ccc(F)cc2)c(=O)n1-c1ccccc1. The number of aryl methyl sites for hydroxylation is 1. The number of hydrogen-bond donors (Lipinski definition) is 1. The monoisotopic (exact) mass is 455 g/mol. The number of para-hydroxylation sites is 2. The minimum Gasteiger partial charge on any atom is -0.321 e. The van der Waals surface area contributed by atoms with Crippen molar-refractivity contribution in [2.45, 2.75) is 6.92 Å². The van der Waals surface area contributed by atoms with Crippen LogP contribution in [0.3, 0.4) is 0 Å². The predicted molar refractivity (Wildman–Crippen MR) is 128 cm³/mol. The van der Waals surface area contributed by atoms with E-state index in [1.54, 1.807) is 54.6 Å². The van der Waals surface area contributed by atoms with Crippen LogP contribution in [0.4, 0.5) is 10.1 Å². The molecule has 3 aromatic carbocycles. The zero-order valence-corrected chi connectivity index (χ0v) is 18.4. The molecule has 0 aliphatic carbocycles. The number of rotatable bonds is 4. The van der Waals surface area contributed by atoms with Crippen LogP contribution in [0, 0.1) is 24.1 Å². The second kappa shape index (κ2) is 9.47. The van der Waals surface area contributed by atoms with Gasteiger partial charge in [-0.2, -0.15) is 5.26 Å². The van der Waals surface area contributed by atoms with E-state index in [1.807, 2.05) is 31.2 Å². The van der Waals surface area contributed by atoms with E-state index in [4.69, 9.17) is 0 Å². The Bertz CT molecular complexity index is 1550. The van der Waals surface area contributed by atoms with Crippen LogP contribution >= 0.6 is 11.3 Å². The Hall–Kier alpha value is -4.28. The number of thiazole rings is 1. The van der Waals surface area contributed by atoms with Gasteiger partial charge in [-0.15, -0.1) is 11.3 Å². The lowest BCUT2D eigenvalue weighted by atomic mass is 10.2. The lowest BCUT2D eigenvalue weighted by molar-refractivity contribution is -0.111. The van der Waals surface area contributed by atoms with E-state index in [2.05, 4.69) is 5.32 Å². The van der Waals surface area contributed by atoms with Crippen LogP contribution in [0.1, 0.15) is 11.1 Å². The molecule has 0 atom stereocenters. The number of carbonyl (C=O) groups excluding carboxylic acids is 1. The van der Waals surface area contributed by atoms with E-state index in [0.717, 1.165) is 16.9 Å². The van der Waals surface area contributed by atoms with E-state index in [-0.39, 0.29) is 21.6 Å². The number of halogens is 1. The van der Waals surface area contributed by atoms with Crippen LogP contribution in [0.25, 0.3) is 17.3 Å². The van der Waals surface area contributed by atoms with Gasteiger partial charge in [0.1, 0.15) is 16.5 Å². The lowest BCUT2D eigenvalue weighted by Gasteiger charge is -2.08. The highest BCUT2D eigenvalue weighted by molar-refractivity contribution is 7.07. The summed E-state index contributed by atoms with van der Waals surface area (Å²) in [5, 5.41) is 12.6. The molecule has 33 heavy (non-hydrogen) atoms. The zero-order chi connectivity index (χ0) is 23.4. The molecule has 0 unspecified atom stereocenters. The maximum atomic E-state index is 13.3. The Morgan fingerprint density at radius 2 is 1.70 bits per heavy atom. The van der Waals surface area contributed by atoms with Gasteiger partial charge in [0.05, 0.1) is 10.2 Å². The fraction of sp³-hybridized carbons (Fsp3) is 0.0385. The summed E-state index contributed by atoms with van der Waals surface area (Å²) in [6.45, 7) is 1.85. The molecule has 0 radical (unpaired) electrons. The second-order valence-corrected chi connectivity index (χ2v) is 8.23. The van der Waals surface area contributed by atoms with E-state index in [1.165, 1.54) is 16.7 Å². The fourth-order valence-electron chi connectivity index (χ4n) is 3.27. The maximum absolute atomic E-state index is 13.3. The van der Waals surface area contributed by atoms with Crippen molar-refractivity contribution in [3.63, 3.8) is 0 Å². The first-order chi connectivity index (χ1) is 16.0. The van der Waals surface area contributed by atoms with Gasteiger partial charge in [0.15, 0.2) is 5.57 Å². The molecule has 7 heteroatoms. The second-order valence-electron chi connectivity index (χ2n) is 7.20. The summed E-state index contributed by atoms with van der Waals surface area (Å²) < 4.78 is 15.2. The van der Waals surface area contributed by atoms with E-state index in [9.17, 15) is 19.2 Å². The van der Waals surface area contributed by atoms with Crippen molar-refractivity contribution in [3.8, 4) is 11.8 Å². The van der Waals surface area contributed by atoms with Gasteiger partial charge in [0, 0.05) is 5.69 Å². The fourth-order valence-corrected chi connectivity index (χ4v) is 4.37. The molecule has 0 saturated carbocycles. The Morgan fingerprint density at radius 3 is 2.36 bits per heavy atom. The van der Waals surface area contributed by atoms with Crippen LogP contribution in [-0.2, 0) is 4.79 Å². The van der Waals surface area contributed by atoms with E-state index in [0.29, 0.717) is 21.5 Å². The Morgan fingerprint density at radius 1 is 1.03 bits per heavy atom. The molecule has 0 fully saturated rings. The highest BCUT2D eigenvalue weighted by Crippen LogP contribution is 2.14. The van der Waals surface area contributed by atoms with Gasteiger partial charge in [0.25, 0.3) is 11.5 Å². The van der Waals surface area contributed by atoms with Crippen molar-refractivity contribution in [2.24, 2.45) is 0 Å². The first kappa shape index (κ1) is 21.9. The average Bonchev–Trinajstić information content (AvgIpc) is 3.13. The van der Waals surface area contributed by atoms with Crippen LogP contribution in [-0.4, -0.2) is 10.5 Å². The average molecular weight is 456 g/mol. The van der Waals surface area contributed by atoms with E-state index < -0.39 is 5.91 Å². The van der Waals surface area contributed by atoms with Gasteiger partial charge >= 0.3 is 0 Å². The number of nitrogens with zero attached hydrogens (tertiary/aromatic N) is 2. The van der Waals surface area contributed by atoms with Crippen molar-refractivity contribution in [3.05, 3.63) is 115 Å². The molecule has 1 N–H and O–H groups in total. The Kier molecular flexibility index (Phi) is 6.29. The quantitative estimate of drug-likeness (QED) is 0.512. The summed E-state index contributed by atoms with van der Waals surface area (Å²) in [4.78, 5) is 26.4. The third-order valence-corrected chi connectivity index (χ3v) is 6.04. The first-order valence-electron chi connectivity index (χ1n) is 10.0. The van der Waals surface area contributed by atoms with Crippen molar-refractivity contribution < 1.29 is 9.18 Å². The van der Waals surface area contributed by atoms with Crippen molar-refractivity contribution >= 4 is 34.6 Å². The molecule has 0 aliphatic rings. The molecular weight excluding hydrogens is 437 g/mol. The number of benzene rings is 3. The van der Waals surface area contributed by atoms with Gasteiger partial charge in [-0.3, -0.25) is 14.2 Å². The van der Waals surface area contributed by atoms with Crippen LogP contribution in [0.5, 0.6) is 0 Å². The van der Waals surface area contributed by atoms with Gasteiger partial charge in [0.2, 0.25) is 0 Å². The molecule has 4 rings (SSSR count). The molecule has 1 heterocycles. The third-order valence-electron chi connectivity index (χ3n) is 4.95. The Balaban J connectivity index is 1.95. The first-order valence-corrected chi connectivity index (χ1v) is 10.9. The summed E-state index contributed by atoms with van der Waals surface area (Å²) in [5.41, 5.74) is 2.04. The summed E-state index contributed by atoms with van der Waals surface area (Å²) >= 11 is 1.04. The van der Waals surface area contributed by atoms with Crippen LogP contribution < -0.4 is 20.1 Å². The van der Waals surface area contributed by atoms with Gasteiger partial charge in [-0.1, -0.05) is 48.5 Å². The van der Waals surface area contributed by atoms with E-state index >= 15 is 0 Å². The topological polar surface area (TPSA) is 74.9 Å². The minimum atomic E-state index is -0.605. The lowest BCUT2D eigenvalue weighted by Crippen LogP contribution is -2.32. The molecule has 162 valence electrons. The van der Waals surface area contributed by atoms with Crippen molar-refractivity contribution in [1.29, 1.82) is 5.26 Å². The largest absolute Gasteiger partial charge is 0.321 e. The van der Waals surface area contributed by atoms with Crippen LogP contribution in [0.2, 0.25) is 0 Å². The molecule has 0 saturated heterocycles. The minimum absolute atomic E-state index is 0.178. The summed E-state index contributed by atoms with van der Waals surface area (Å²) in [6.07, 6.45) is 1.61. The predicted octanol–water partition coefficient (Wildman–Crippen LogP) is 3.49. The zero-order valence-electron chi connectivity index (χ0n) is 17.6. The molecular formula is C26H18FN3O2S. The summed E-state index contributed by atoms with van der Waals surface area (Å²) in [5.74, 6) is -0.986. The van der Waals surface area contributed by atoms with Crippen molar-refractivity contribution in [2.75, 3.05) is 5.32 Å². The molecule has 1 aromatic heterocycles. The number of carbonyl (C=O) groups is 1. The van der Waals surface area contributed by atoms with Gasteiger partial charge in [-0.05, 0) is 54.5 Å². The number of anilines is 1. The molecule has 1 amide bonds. The van der Waals surface area contributed by atoms with Crippen molar-refractivity contribution in [1.82, 2.24) is 4.57 Å². The molecule has 0 aliphatic heterocycles. The van der Waals surface area contributed by atoms with Crippen LogP contribution in [0.15, 0.2) is 83.7 Å². The number of amides is 1. The van der Waals surface area contributed by atoms with Gasteiger partial charge < -0.3 is 5.32 Å². The normalized spacial score (nSPS) is 12.2. The molecule has 0 bridgehead atoms. The Labute approximate surface area is 193 Å². The number of nitriles is 1. The number of nitrogens with one attached hydrogen (secondary N) is 1. The highest BCUT2D eigenvalue weighted by atomic mass is 32.1. The standard InChI is InChI=1S/C26H18FN3O2S/c1-17-7-5-6-10-22(17)29-24(31)21(16-28)26-30(20-8-3-2-4-9-20)25(32)23(33-26)15-18-11-13-19(27)14-12-18/h2-15H,1H3,(H,29,31)/b23-15+,26-21+. The van der Waals surface area contributed by atoms with Gasteiger partial charge in [-0.25, -0.2) is 4.39 Å². The molecule has 5 nitrogen and oxygen atoms in total. The maximum Gasteiger partial charge on any atom is 0.273 e. The summed E-state index contributed by atoms with van der Waals surface area (Å²) in [6, 6.07) is 23.7. The number of aromatic nitrogens is 1. The molecule has 0 spiro atoms. The highest BCUT2D eigenvalue weighted by Gasteiger charge is 2.17. The number of hydrogen-bond acceptors (Lipinski definition) is 4. The smallest absolute Gasteiger partial charge is 0.273 e. The third kappa shape index (κ3) is 4.66. The summed E-state index contributed by atoms with van der Waals surface area (Å²) in [7, 11) is 0.